The second kappa shape index (κ2) is 19.8. The molecule has 0 aliphatic carbocycles. The Balaban J connectivity index is 0.000000213. The largest absolute Gasteiger partial charge is 0.493 e. The number of carbonyl (C=O) groups excluding carboxylic acids is 1. The van der Waals surface area contributed by atoms with Crippen molar-refractivity contribution in [3.63, 3.8) is 0 Å². The molecular formula is C31H50N6O5. The van der Waals surface area contributed by atoms with Gasteiger partial charge in [0, 0.05) is 43.5 Å². The molecule has 0 bridgehead atoms. The zero-order valence-corrected chi connectivity index (χ0v) is 25.8. The number of ether oxygens (including phenoxy) is 4. The quantitative estimate of drug-likeness (QED) is 0.281. The van der Waals surface area contributed by atoms with Crippen molar-refractivity contribution >= 4 is 12.5 Å². The zero-order chi connectivity index (χ0) is 30.7. The molecule has 3 aliphatic heterocycles. The Hall–Kier alpha value is -3.22. The van der Waals surface area contributed by atoms with Crippen molar-refractivity contribution in [1.82, 2.24) is 15.5 Å². The van der Waals surface area contributed by atoms with E-state index in [4.69, 9.17) is 30.4 Å². The molecular weight excluding hydrogens is 536 g/mol. The maximum absolute atomic E-state index is 10.4. The van der Waals surface area contributed by atoms with E-state index in [-0.39, 0.29) is 0 Å². The second-order valence-electron chi connectivity index (χ2n) is 10.3. The van der Waals surface area contributed by atoms with E-state index >= 15 is 0 Å². The molecule has 3 atom stereocenters. The van der Waals surface area contributed by atoms with Crippen LogP contribution in [0.4, 0.5) is 0 Å². The van der Waals surface area contributed by atoms with E-state index in [9.17, 15) is 4.79 Å². The molecule has 0 spiro atoms. The third-order valence-corrected chi connectivity index (χ3v) is 6.95. The maximum Gasteiger partial charge on any atom is 0.161 e. The van der Waals surface area contributed by atoms with E-state index in [0.29, 0.717) is 35.2 Å². The smallest absolute Gasteiger partial charge is 0.161 e. The number of nitrogens with two attached hydrogens (primary N) is 2. The highest BCUT2D eigenvalue weighted by molar-refractivity contribution is 5.81. The topological polar surface area (TPSA) is 146 Å². The third-order valence-electron chi connectivity index (χ3n) is 6.95. The molecule has 3 fully saturated rings. The summed E-state index contributed by atoms with van der Waals surface area (Å²) < 4.78 is 20.4. The fourth-order valence-corrected chi connectivity index (χ4v) is 4.46. The Morgan fingerprint density at radius 3 is 1.74 bits per heavy atom. The van der Waals surface area contributed by atoms with E-state index in [2.05, 4.69) is 27.6 Å². The van der Waals surface area contributed by atoms with Gasteiger partial charge in [-0.3, -0.25) is 9.79 Å². The summed E-state index contributed by atoms with van der Waals surface area (Å²) in [7, 11) is 8.47. The van der Waals surface area contributed by atoms with Crippen LogP contribution >= 0.6 is 0 Å². The number of carbonyl (C=O) groups is 1. The molecule has 0 amide bonds. The van der Waals surface area contributed by atoms with E-state index < -0.39 is 0 Å². The monoisotopic (exact) mass is 586 g/mol. The summed E-state index contributed by atoms with van der Waals surface area (Å²) in [4.78, 5) is 17.2. The van der Waals surface area contributed by atoms with Crippen LogP contribution < -0.4 is 41.0 Å². The van der Waals surface area contributed by atoms with Crippen molar-refractivity contribution in [2.24, 2.45) is 16.5 Å². The molecule has 3 heterocycles. The first-order valence-electron chi connectivity index (χ1n) is 14.4. The Morgan fingerprint density at radius 2 is 1.36 bits per heavy atom. The molecule has 11 nitrogen and oxygen atoms in total. The van der Waals surface area contributed by atoms with Crippen LogP contribution in [0, 0.1) is 0 Å². The number of aliphatic imine (C=N–C) groups is 1. The van der Waals surface area contributed by atoms with Crippen molar-refractivity contribution in [3.8, 4) is 23.0 Å². The average Bonchev–Trinajstić information content (AvgIpc) is 3.80. The van der Waals surface area contributed by atoms with E-state index in [1.54, 1.807) is 39.5 Å². The highest BCUT2D eigenvalue weighted by atomic mass is 16.5. The number of nitrogens with zero attached hydrogens (tertiary/aromatic N) is 2. The molecule has 0 radical (unpaired) electrons. The number of hydrogen-bond acceptors (Lipinski definition) is 11. The van der Waals surface area contributed by atoms with Gasteiger partial charge in [0.25, 0.3) is 0 Å². The number of likely N-dealkylation sites (N-methyl/N-ethyl adjacent to an activating group) is 1. The van der Waals surface area contributed by atoms with Crippen LogP contribution in [0.1, 0.15) is 35.2 Å². The Morgan fingerprint density at radius 1 is 0.786 bits per heavy atom. The van der Waals surface area contributed by atoms with Gasteiger partial charge in [-0.15, -0.1) is 0 Å². The lowest BCUT2D eigenvalue weighted by Gasteiger charge is -2.07. The van der Waals surface area contributed by atoms with Gasteiger partial charge < -0.3 is 45.9 Å². The minimum Gasteiger partial charge on any atom is -0.493 e. The molecule has 2 aromatic carbocycles. The summed E-state index contributed by atoms with van der Waals surface area (Å²) in [6.07, 6.45) is 6.11. The van der Waals surface area contributed by atoms with Crippen LogP contribution in [0.15, 0.2) is 41.4 Å². The van der Waals surface area contributed by atoms with Crippen molar-refractivity contribution in [3.05, 3.63) is 47.5 Å². The molecule has 2 aromatic rings. The van der Waals surface area contributed by atoms with E-state index in [1.807, 2.05) is 24.4 Å². The molecule has 6 N–H and O–H groups in total. The number of rotatable bonds is 7. The first-order valence-corrected chi connectivity index (χ1v) is 14.4. The van der Waals surface area contributed by atoms with E-state index in [0.717, 1.165) is 68.9 Å². The first-order chi connectivity index (χ1) is 20.3. The minimum atomic E-state index is 0.406. The number of hydrogen-bond donors (Lipinski definition) is 4. The zero-order valence-electron chi connectivity index (χ0n) is 25.8. The molecule has 3 aliphatic rings. The number of likely N-dealkylation sites (tertiary alicyclic amines) is 1. The SMILES string of the molecule is CN1CCC(N)C1.COc1ccc(C=NC2CCNC2)cc1OC.COc1ccc(C=O)cc1OC.NC1CCNC1. The van der Waals surface area contributed by atoms with Crippen molar-refractivity contribution in [1.29, 1.82) is 0 Å². The van der Waals surface area contributed by atoms with Crippen LogP contribution in [-0.2, 0) is 0 Å². The highest BCUT2D eigenvalue weighted by Gasteiger charge is 2.14. The lowest BCUT2D eigenvalue weighted by molar-refractivity contribution is 0.112. The van der Waals surface area contributed by atoms with Crippen LogP contribution in [0.25, 0.3) is 0 Å². The van der Waals surface area contributed by atoms with Crippen LogP contribution in [0.5, 0.6) is 23.0 Å². The molecule has 5 rings (SSSR count). The summed E-state index contributed by atoms with van der Waals surface area (Å²) in [6.45, 7) is 6.43. The van der Waals surface area contributed by atoms with Gasteiger partial charge in [-0.25, -0.2) is 0 Å². The van der Waals surface area contributed by atoms with Gasteiger partial charge in [0.2, 0.25) is 0 Å². The third kappa shape index (κ3) is 12.7. The number of methoxy groups -OCH3 is 4. The van der Waals surface area contributed by atoms with Gasteiger partial charge in [0.1, 0.15) is 6.29 Å². The Labute approximate surface area is 250 Å². The van der Waals surface area contributed by atoms with Gasteiger partial charge >= 0.3 is 0 Å². The lowest BCUT2D eigenvalue weighted by atomic mass is 10.2. The molecule has 3 unspecified atom stereocenters. The van der Waals surface area contributed by atoms with Crippen molar-refractivity contribution in [2.75, 3.05) is 74.8 Å². The fraction of sp³-hybridized carbons (Fsp3) is 0.548. The second-order valence-corrected chi connectivity index (χ2v) is 10.3. The molecule has 42 heavy (non-hydrogen) atoms. The first kappa shape index (κ1) is 35.0. The summed E-state index contributed by atoms with van der Waals surface area (Å²) in [5, 5.41) is 6.44. The molecule has 11 heteroatoms. The normalized spacial score (nSPS) is 21.3. The minimum absolute atomic E-state index is 0.406. The summed E-state index contributed by atoms with van der Waals surface area (Å²) in [6, 6.07) is 12.1. The summed E-state index contributed by atoms with van der Waals surface area (Å²) in [5.74, 6) is 2.68. The molecule has 234 valence electrons. The average molecular weight is 587 g/mol. The van der Waals surface area contributed by atoms with Crippen molar-refractivity contribution in [2.45, 2.75) is 37.4 Å². The van der Waals surface area contributed by atoms with Gasteiger partial charge in [-0.1, -0.05) is 0 Å². The van der Waals surface area contributed by atoms with Gasteiger partial charge in [0.15, 0.2) is 23.0 Å². The summed E-state index contributed by atoms with van der Waals surface area (Å²) >= 11 is 0. The van der Waals surface area contributed by atoms with Gasteiger partial charge in [0.05, 0.1) is 34.5 Å². The molecule has 3 saturated heterocycles. The fourth-order valence-electron chi connectivity index (χ4n) is 4.46. The summed E-state index contributed by atoms with van der Waals surface area (Å²) in [5.41, 5.74) is 12.7. The predicted octanol–water partition coefficient (Wildman–Crippen LogP) is 1.96. The van der Waals surface area contributed by atoms with Crippen LogP contribution in [-0.4, -0.2) is 110 Å². The Kier molecular flexibility index (Phi) is 16.5. The van der Waals surface area contributed by atoms with Crippen molar-refractivity contribution < 1.29 is 23.7 Å². The van der Waals surface area contributed by atoms with Crippen LogP contribution in [0.3, 0.4) is 0 Å². The Bertz CT molecular complexity index is 1070. The lowest BCUT2D eigenvalue weighted by Crippen LogP contribution is -2.23. The van der Waals surface area contributed by atoms with Gasteiger partial charge in [-0.2, -0.15) is 0 Å². The molecule has 0 saturated carbocycles. The van der Waals surface area contributed by atoms with Gasteiger partial charge in [-0.05, 0) is 87.9 Å². The maximum atomic E-state index is 10.4. The predicted molar refractivity (Wildman–Crippen MR) is 169 cm³/mol. The standard InChI is InChI=1S/C13H18N2O2.C9H10O3.C5H12N2.C4H10N2/c1-16-12-4-3-10(7-13(12)17-2)8-15-11-5-6-14-9-11;1-11-8-4-3-7(6-10)5-9(8)12-2;1-7-3-2-5(6)4-7;5-4-1-2-6-3-4/h3-4,7-8,11,14H,5-6,9H2,1-2H3;3-6H,1-2H3;5H,2-4,6H2,1H3;4,6H,1-3,5H2. The molecule has 0 aromatic heterocycles. The van der Waals surface area contributed by atoms with E-state index in [1.165, 1.54) is 20.1 Å². The number of aldehydes is 1. The highest BCUT2D eigenvalue weighted by Crippen LogP contribution is 2.27. The van der Waals surface area contributed by atoms with Crippen LogP contribution in [0.2, 0.25) is 0 Å². The number of benzene rings is 2. The number of nitrogens with one attached hydrogen (secondary N) is 2.